The van der Waals surface area contributed by atoms with Crippen molar-refractivity contribution in [3.63, 3.8) is 0 Å². The predicted molar refractivity (Wildman–Crippen MR) is 77.2 cm³/mol. The summed E-state index contributed by atoms with van der Waals surface area (Å²) in [4.78, 5) is 12.2. The van der Waals surface area contributed by atoms with E-state index in [1.165, 1.54) is 24.9 Å². The third-order valence-electron chi connectivity index (χ3n) is 2.17. The third-order valence-corrected chi connectivity index (χ3v) is 3.98. The van der Waals surface area contributed by atoms with Gasteiger partial charge in [-0.25, -0.2) is 0 Å². The number of nitro benzene ring substituents is 1. The van der Waals surface area contributed by atoms with Crippen LogP contribution in [0.1, 0.15) is 5.56 Å². The molecule has 7 heteroatoms. The third kappa shape index (κ3) is 3.85. The molecule has 0 fully saturated rings. The van der Waals surface area contributed by atoms with Gasteiger partial charge in [0.2, 0.25) is 0 Å². The van der Waals surface area contributed by atoms with Gasteiger partial charge >= 0.3 is 5.69 Å². The smallest absolute Gasteiger partial charge is 0.311 e. The summed E-state index contributed by atoms with van der Waals surface area (Å²) in [6.07, 6.45) is 0. The molecule has 0 spiro atoms. The van der Waals surface area contributed by atoms with Gasteiger partial charge in [0.25, 0.3) is 0 Å². The Morgan fingerprint density at radius 3 is 2.72 bits per heavy atom. The van der Waals surface area contributed by atoms with Crippen LogP contribution in [-0.4, -0.2) is 35.3 Å². The van der Waals surface area contributed by atoms with Gasteiger partial charge in [-0.2, -0.15) is 0 Å². The number of thioether (sulfide) groups is 1. The van der Waals surface area contributed by atoms with Crippen LogP contribution >= 0.6 is 24.0 Å². The van der Waals surface area contributed by atoms with Crippen LogP contribution in [0.25, 0.3) is 0 Å². The molecule has 1 rings (SSSR count). The maximum Gasteiger partial charge on any atom is 0.311 e. The van der Waals surface area contributed by atoms with E-state index in [2.05, 4.69) is 0 Å². The van der Waals surface area contributed by atoms with Crippen LogP contribution in [0.15, 0.2) is 18.2 Å². The molecule has 0 saturated heterocycles. The summed E-state index contributed by atoms with van der Waals surface area (Å²) >= 11 is 6.61. The first kappa shape index (κ1) is 14.7. The highest BCUT2D eigenvalue weighted by Gasteiger charge is 2.15. The van der Waals surface area contributed by atoms with Crippen molar-refractivity contribution in [1.82, 2.24) is 4.90 Å². The first-order valence-corrected chi connectivity index (χ1v) is 6.50. The fourth-order valence-corrected chi connectivity index (χ4v) is 2.15. The number of benzene rings is 1. The molecule has 0 aliphatic carbocycles. The Balaban J connectivity index is 2.82. The maximum atomic E-state index is 10.9. The fourth-order valence-electron chi connectivity index (χ4n) is 1.24. The van der Waals surface area contributed by atoms with Crippen molar-refractivity contribution in [2.75, 3.05) is 21.2 Å². The van der Waals surface area contributed by atoms with Crippen molar-refractivity contribution in [2.24, 2.45) is 0 Å². The van der Waals surface area contributed by atoms with Gasteiger partial charge in [0.1, 0.15) is 4.32 Å². The zero-order chi connectivity index (χ0) is 13.7. The minimum absolute atomic E-state index is 0.0219. The van der Waals surface area contributed by atoms with Gasteiger partial charge < -0.3 is 9.64 Å². The lowest BCUT2D eigenvalue weighted by Crippen LogP contribution is -2.16. The van der Waals surface area contributed by atoms with Crippen molar-refractivity contribution in [2.45, 2.75) is 5.75 Å². The molecule has 0 aliphatic rings. The summed E-state index contributed by atoms with van der Waals surface area (Å²) in [6, 6.07) is 4.92. The van der Waals surface area contributed by atoms with Crippen LogP contribution in [0, 0.1) is 10.1 Å². The van der Waals surface area contributed by atoms with Gasteiger partial charge in [-0.3, -0.25) is 10.1 Å². The molecule has 0 heterocycles. The number of methoxy groups -OCH3 is 1. The van der Waals surface area contributed by atoms with Crippen LogP contribution in [0.3, 0.4) is 0 Å². The van der Waals surface area contributed by atoms with Crippen molar-refractivity contribution in [1.29, 1.82) is 0 Å². The monoisotopic (exact) mass is 286 g/mol. The second-order valence-electron chi connectivity index (χ2n) is 3.71. The van der Waals surface area contributed by atoms with E-state index < -0.39 is 4.92 Å². The molecule has 18 heavy (non-hydrogen) atoms. The number of rotatable bonds is 4. The van der Waals surface area contributed by atoms with Crippen molar-refractivity contribution in [3.05, 3.63) is 33.9 Å². The average molecular weight is 286 g/mol. The molecule has 0 bridgehead atoms. The van der Waals surface area contributed by atoms with E-state index in [9.17, 15) is 10.1 Å². The molecule has 0 unspecified atom stereocenters. The van der Waals surface area contributed by atoms with E-state index in [-0.39, 0.29) is 11.4 Å². The van der Waals surface area contributed by atoms with Gasteiger partial charge in [-0.05, 0) is 11.6 Å². The highest BCUT2D eigenvalue weighted by atomic mass is 32.2. The lowest BCUT2D eigenvalue weighted by molar-refractivity contribution is -0.385. The number of nitrogens with zero attached hydrogens (tertiary/aromatic N) is 2. The maximum absolute atomic E-state index is 10.9. The summed E-state index contributed by atoms with van der Waals surface area (Å²) in [6.45, 7) is 0. The Morgan fingerprint density at radius 2 is 2.22 bits per heavy atom. The second-order valence-corrected chi connectivity index (χ2v) is 5.32. The second kappa shape index (κ2) is 6.55. The molecule has 0 aromatic heterocycles. The van der Waals surface area contributed by atoms with Gasteiger partial charge in [0.15, 0.2) is 5.75 Å². The molecular formula is C11H14N2O3S2. The molecule has 0 saturated carbocycles. The topological polar surface area (TPSA) is 55.6 Å². The van der Waals surface area contributed by atoms with E-state index >= 15 is 0 Å². The number of ether oxygens (including phenoxy) is 1. The fraction of sp³-hybridized carbons (Fsp3) is 0.364. The van der Waals surface area contributed by atoms with Gasteiger partial charge in [0.05, 0.1) is 12.0 Å². The lowest BCUT2D eigenvalue weighted by Gasteiger charge is -2.12. The SMILES string of the molecule is COc1ccc(CSC(=S)N(C)C)cc1[N+](=O)[O-]. The molecule has 0 aliphatic heterocycles. The number of thiocarbonyl (C=S) groups is 1. The number of hydrogen-bond acceptors (Lipinski definition) is 5. The first-order chi connectivity index (χ1) is 8.45. The Morgan fingerprint density at radius 1 is 1.56 bits per heavy atom. The van der Waals surface area contributed by atoms with Gasteiger partial charge in [0, 0.05) is 25.9 Å². The Kier molecular flexibility index (Phi) is 5.36. The Hall–Kier alpha value is -1.34. The number of nitro groups is 1. The summed E-state index contributed by atoms with van der Waals surface area (Å²) in [5.74, 6) is 0.867. The zero-order valence-electron chi connectivity index (χ0n) is 10.4. The highest BCUT2D eigenvalue weighted by Crippen LogP contribution is 2.29. The van der Waals surface area contributed by atoms with Gasteiger partial charge in [-0.15, -0.1) is 0 Å². The standard InChI is InChI=1S/C11H14N2O3S2/c1-12(2)11(17)18-7-8-4-5-10(16-3)9(6-8)13(14)15/h4-6H,7H2,1-3H3. The molecule has 1 aromatic rings. The summed E-state index contributed by atoms with van der Waals surface area (Å²) in [5.41, 5.74) is 0.822. The van der Waals surface area contributed by atoms with Crippen LogP contribution in [0.2, 0.25) is 0 Å². The van der Waals surface area contributed by atoms with Crippen molar-refractivity contribution >= 4 is 34.0 Å². The quantitative estimate of drug-likeness (QED) is 0.482. The molecule has 5 nitrogen and oxygen atoms in total. The van der Waals surface area contributed by atoms with E-state index in [1.807, 2.05) is 19.0 Å². The minimum Gasteiger partial charge on any atom is -0.490 e. The van der Waals surface area contributed by atoms with E-state index in [1.54, 1.807) is 12.1 Å². The summed E-state index contributed by atoms with van der Waals surface area (Å²) in [7, 11) is 5.15. The largest absolute Gasteiger partial charge is 0.490 e. The normalized spacial score (nSPS) is 9.94. The minimum atomic E-state index is -0.447. The Bertz CT molecular complexity index is 464. The first-order valence-electron chi connectivity index (χ1n) is 5.11. The summed E-state index contributed by atoms with van der Waals surface area (Å²) in [5, 5.41) is 10.9. The van der Waals surface area contributed by atoms with E-state index in [0.717, 1.165) is 9.88 Å². The van der Waals surface area contributed by atoms with Crippen LogP contribution < -0.4 is 4.74 Å². The molecule has 98 valence electrons. The van der Waals surface area contributed by atoms with E-state index in [4.69, 9.17) is 17.0 Å². The highest BCUT2D eigenvalue weighted by molar-refractivity contribution is 8.22. The van der Waals surface area contributed by atoms with Crippen LogP contribution in [-0.2, 0) is 5.75 Å². The average Bonchev–Trinajstić information content (AvgIpc) is 2.35. The van der Waals surface area contributed by atoms with E-state index in [0.29, 0.717) is 5.75 Å². The molecule has 1 aromatic carbocycles. The van der Waals surface area contributed by atoms with Crippen LogP contribution in [0.4, 0.5) is 5.69 Å². The zero-order valence-corrected chi connectivity index (χ0v) is 12.0. The molecule has 0 N–H and O–H groups in total. The molecule has 0 radical (unpaired) electrons. The van der Waals surface area contributed by atoms with Crippen molar-refractivity contribution < 1.29 is 9.66 Å². The summed E-state index contributed by atoms with van der Waals surface area (Å²) < 4.78 is 5.69. The Labute approximate surface area is 115 Å². The lowest BCUT2D eigenvalue weighted by atomic mass is 10.2. The predicted octanol–water partition coefficient (Wildman–Crippen LogP) is 2.68. The number of hydrogen-bond donors (Lipinski definition) is 0. The van der Waals surface area contributed by atoms with Crippen molar-refractivity contribution in [3.8, 4) is 5.75 Å². The molecule has 0 amide bonds. The van der Waals surface area contributed by atoms with Gasteiger partial charge in [-0.1, -0.05) is 30.0 Å². The van der Waals surface area contributed by atoms with Crippen LogP contribution in [0.5, 0.6) is 5.75 Å². The molecule has 0 atom stereocenters. The molecular weight excluding hydrogens is 272 g/mol.